The maximum absolute atomic E-state index is 12.9. The number of rotatable bonds is 8. The van der Waals surface area contributed by atoms with E-state index < -0.39 is 10.0 Å². The zero-order chi connectivity index (χ0) is 24.5. The van der Waals surface area contributed by atoms with Gasteiger partial charge in [-0.2, -0.15) is 4.31 Å². The second-order valence-corrected chi connectivity index (χ2v) is 10.6. The lowest BCUT2D eigenvalue weighted by Gasteiger charge is -2.38. The molecule has 0 aromatic carbocycles. The third kappa shape index (κ3) is 5.02. The first-order valence-electron chi connectivity index (χ1n) is 11.1. The molecular weight excluding hydrogens is 460 g/mol. The maximum Gasteiger partial charge on any atom is 0.261 e. The van der Waals surface area contributed by atoms with E-state index in [9.17, 15) is 13.2 Å². The fourth-order valence-corrected chi connectivity index (χ4v) is 5.12. The highest BCUT2D eigenvalue weighted by molar-refractivity contribution is 7.88. The molecule has 1 aliphatic heterocycles. The van der Waals surface area contributed by atoms with Crippen molar-refractivity contribution in [3.8, 4) is 16.9 Å². The number of methoxy groups -OCH3 is 1. The van der Waals surface area contributed by atoms with E-state index in [-0.39, 0.29) is 11.6 Å². The third-order valence-corrected chi connectivity index (χ3v) is 7.35. The monoisotopic (exact) mass is 490 g/mol. The van der Waals surface area contributed by atoms with Gasteiger partial charge in [0.25, 0.3) is 5.56 Å². The summed E-state index contributed by atoms with van der Waals surface area (Å²) in [5.74, 6) is 1.22. The van der Waals surface area contributed by atoms with E-state index in [4.69, 9.17) is 13.9 Å². The van der Waals surface area contributed by atoms with E-state index in [0.29, 0.717) is 61.9 Å². The zero-order valence-electron chi connectivity index (χ0n) is 19.9. The standard InChI is InChI=1S/C23H30N4O6S/c1-16-13-27(34(4,29)30)8-7-26(16)14-17-11-19-22(33-17)20(15-25(2)23(19)28)18-5-6-24-12-21(18)32-10-9-31-3/h5-6,11-12,15-16H,7-10,13-14H2,1-4H3. The Hall–Kier alpha value is -2.73. The van der Waals surface area contributed by atoms with Crippen LogP contribution in [0, 0.1) is 0 Å². The fraction of sp³-hybridized carbons (Fsp3) is 0.478. The summed E-state index contributed by atoms with van der Waals surface area (Å²) in [5, 5.41) is 0.483. The Morgan fingerprint density at radius 2 is 2.03 bits per heavy atom. The van der Waals surface area contributed by atoms with E-state index in [1.807, 2.05) is 13.0 Å². The Kier molecular flexibility index (Phi) is 7.08. The number of aromatic nitrogens is 2. The van der Waals surface area contributed by atoms with Gasteiger partial charge in [0.1, 0.15) is 23.7 Å². The average Bonchev–Trinajstić information content (AvgIpc) is 3.22. The molecule has 0 bridgehead atoms. The molecular formula is C23H30N4O6S. The molecule has 4 heterocycles. The highest BCUT2D eigenvalue weighted by Gasteiger charge is 2.29. The van der Waals surface area contributed by atoms with Crippen molar-refractivity contribution in [3.05, 3.63) is 46.8 Å². The minimum absolute atomic E-state index is 0.0139. The predicted octanol–water partition coefficient (Wildman–Crippen LogP) is 1.68. The van der Waals surface area contributed by atoms with Gasteiger partial charge in [-0.15, -0.1) is 0 Å². The lowest BCUT2D eigenvalue weighted by molar-refractivity contribution is 0.115. The second-order valence-electron chi connectivity index (χ2n) is 8.57. The molecule has 1 unspecified atom stereocenters. The molecule has 0 radical (unpaired) electrons. The van der Waals surface area contributed by atoms with Gasteiger partial charge in [0.2, 0.25) is 10.0 Å². The van der Waals surface area contributed by atoms with E-state index in [2.05, 4.69) is 9.88 Å². The maximum atomic E-state index is 12.9. The van der Waals surface area contributed by atoms with Crippen LogP contribution in [0.2, 0.25) is 0 Å². The number of hydrogen-bond donors (Lipinski definition) is 0. The Morgan fingerprint density at radius 3 is 2.74 bits per heavy atom. The quantitative estimate of drug-likeness (QED) is 0.439. The second kappa shape index (κ2) is 9.87. The van der Waals surface area contributed by atoms with Crippen LogP contribution >= 0.6 is 0 Å². The Labute approximate surface area is 198 Å². The molecule has 10 nitrogen and oxygen atoms in total. The van der Waals surface area contributed by atoms with Gasteiger partial charge in [0, 0.05) is 63.4 Å². The van der Waals surface area contributed by atoms with Crippen LogP contribution in [0.3, 0.4) is 0 Å². The van der Waals surface area contributed by atoms with Gasteiger partial charge >= 0.3 is 0 Å². The number of hydrogen-bond acceptors (Lipinski definition) is 8. The van der Waals surface area contributed by atoms with Crippen LogP contribution in [0.4, 0.5) is 0 Å². The number of ether oxygens (including phenoxy) is 2. The third-order valence-electron chi connectivity index (χ3n) is 6.08. The van der Waals surface area contributed by atoms with Crippen LogP contribution in [-0.2, 0) is 28.4 Å². The van der Waals surface area contributed by atoms with Crippen LogP contribution in [-0.4, -0.2) is 79.4 Å². The molecule has 1 saturated heterocycles. The predicted molar refractivity (Wildman–Crippen MR) is 128 cm³/mol. The number of furan rings is 1. The summed E-state index contributed by atoms with van der Waals surface area (Å²) < 4.78 is 44.0. The molecule has 1 aliphatic rings. The molecule has 4 rings (SSSR count). The first-order chi connectivity index (χ1) is 16.2. The van der Waals surface area contributed by atoms with Gasteiger partial charge in [-0.25, -0.2) is 8.42 Å². The van der Waals surface area contributed by atoms with Crippen LogP contribution in [0.1, 0.15) is 12.7 Å². The molecule has 3 aromatic heterocycles. The summed E-state index contributed by atoms with van der Waals surface area (Å²) in [6.45, 7) is 4.70. The van der Waals surface area contributed by atoms with Crippen molar-refractivity contribution in [1.82, 2.24) is 18.8 Å². The minimum Gasteiger partial charge on any atom is -0.489 e. The Bertz CT molecular complexity index is 1330. The Balaban J connectivity index is 1.67. The van der Waals surface area contributed by atoms with Crippen molar-refractivity contribution in [3.63, 3.8) is 0 Å². The van der Waals surface area contributed by atoms with Crippen molar-refractivity contribution >= 4 is 21.0 Å². The van der Waals surface area contributed by atoms with E-state index in [0.717, 1.165) is 11.1 Å². The summed E-state index contributed by atoms with van der Waals surface area (Å²) >= 11 is 0. The number of piperazine rings is 1. The molecule has 0 N–H and O–H groups in total. The largest absolute Gasteiger partial charge is 0.489 e. The molecule has 1 fully saturated rings. The molecule has 0 amide bonds. The van der Waals surface area contributed by atoms with Crippen molar-refractivity contribution in [2.45, 2.75) is 19.5 Å². The van der Waals surface area contributed by atoms with Crippen molar-refractivity contribution in [2.24, 2.45) is 7.05 Å². The highest BCUT2D eigenvalue weighted by atomic mass is 32.2. The summed E-state index contributed by atoms with van der Waals surface area (Å²) in [7, 11) is 0.0923. The summed E-state index contributed by atoms with van der Waals surface area (Å²) in [5.41, 5.74) is 1.83. The summed E-state index contributed by atoms with van der Waals surface area (Å²) in [6.07, 6.45) is 6.28. The number of nitrogens with zero attached hydrogens (tertiary/aromatic N) is 4. The van der Waals surface area contributed by atoms with Gasteiger partial charge in [0.15, 0.2) is 0 Å². The zero-order valence-corrected chi connectivity index (χ0v) is 20.7. The number of fused-ring (bicyclic) bond motifs is 1. The van der Waals surface area contributed by atoms with E-state index >= 15 is 0 Å². The SMILES string of the molecule is COCCOc1cnccc1-c1cn(C)c(=O)c2cc(CN3CCN(S(C)(=O)=O)CC3C)oc12. The molecule has 0 aliphatic carbocycles. The van der Waals surface area contributed by atoms with Crippen LogP contribution in [0.15, 0.2) is 39.9 Å². The number of pyridine rings is 2. The molecule has 34 heavy (non-hydrogen) atoms. The number of aryl methyl sites for hydroxylation is 1. The smallest absolute Gasteiger partial charge is 0.261 e. The summed E-state index contributed by atoms with van der Waals surface area (Å²) in [4.78, 5) is 19.2. The van der Waals surface area contributed by atoms with Gasteiger partial charge < -0.3 is 18.5 Å². The molecule has 184 valence electrons. The first-order valence-corrected chi connectivity index (χ1v) is 12.9. The topological polar surface area (TPSA) is 107 Å². The fourth-order valence-electron chi connectivity index (χ4n) is 4.22. The van der Waals surface area contributed by atoms with Crippen molar-refractivity contribution in [2.75, 3.05) is 46.2 Å². The lowest BCUT2D eigenvalue weighted by Crippen LogP contribution is -2.52. The van der Waals surface area contributed by atoms with Crippen LogP contribution in [0.5, 0.6) is 5.75 Å². The van der Waals surface area contributed by atoms with Crippen molar-refractivity contribution < 1.29 is 22.3 Å². The normalized spacial score (nSPS) is 17.9. The minimum atomic E-state index is -3.22. The van der Waals surface area contributed by atoms with Gasteiger partial charge in [-0.3, -0.25) is 14.7 Å². The molecule has 1 atom stereocenters. The summed E-state index contributed by atoms with van der Waals surface area (Å²) in [6, 6.07) is 3.62. The molecule has 11 heteroatoms. The van der Waals surface area contributed by atoms with Crippen LogP contribution in [0.25, 0.3) is 22.1 Å². The average molecular weight is 491 g/mol. The molecule has 0 saturated carbocycles. The van der Waals surface area contributed by atoms with Gasteiger partial charge in [-0.1, -0.05) is 0 Å². The van der Waals surface area contributed by atoms with E-state index in [1.165, 1.54) is 15.1 Å². The Morgan fingerprint density at radius 1 is 1.24 bits per heavy atom. The molecule has 0 spiro atoms. The lowest BCUT2D eigenvalue weighted by atomic mass is 10.1. The van der Waals surface area contributed by atoms with Gasteiger partial charge in [-0.05, 0) is 19.1 Å². The van der Waals surface area contributed by atoms with E-state index in [1.54, 1.807) is 38.8 Å². The highest BCUT2D eigenvalue weighted by Crippen LogP contribution is 2.35. The number of sulfonamides is 1. The first kappa shape index (κ1) is 24.4. The molecule has 3 aromatic rings. The van der Waals surface area contributed by atoms with Crippen LogP contribution < -0.4 is 10.3 Å². The van der Waals surface area contributed by atoms with Gasteiger partial charge in [0.05, 0.1) is 31.0 Å². The van der Waals surface area contributed by atoms with Crippen molar-refractivity contribution in [1.29, 1.82) is 0 Å².